The molecule has 2 N–H and O–H groups in total. The molecular formula is C19H25N3O2. The van der Waals surface area contributed by atoms with Crippen LogP contribution >= 0.6 is 0 Å². The number of methoxy groups -OCH3 is 1. The molecule has 0 spiro atoms. The minimum Gasteiger partial charge on any atom is -0.383 e. The van der Waals surface area contributed by atoms with E-state index >= 15 is 0 Å². The highest BCUT2D eigenvalue weighted by Crippen LogP contribution is 2.11. The monoisotopic (exact) mass is 327 g/mol. The second-order valence-electron chi connectivity index (χ2n) is 6.41. The predicted octanol–water partition coefficient (Wildman–Crippen LogP) is -0.0726. The standard InChI is InChI=1S/C19H25N3O2/c1-14-17(19(23)21-8-10-24-2)4-3-16-6-9-22(13-18(14)16)12-15-5-7-20-11-15/h3-4,9,13,15,20H,5,7-8,10-12H2,1-2H3,(H,21,23). The SMILES string of the molecule is COCCNC(=O)c1ccc2c(c1C)=CN(CC1CCNC1)C=C=2. The molecule has 1 unspecified atom stereocenters. The topological polar surface area (TPSA) is 53.6 Å². The van der Waals surface area contributed by atoms with Gasteiger partial charge in [0, 0.05) is 48.6 Å². The fourth-order valence-corrected chi connectivity index (χ4v) is 3.26. The minimum absolute atomic E-state index is 0.0538. The number of hydrogen-bond acceptors (Lipinski definition) is 4. The lowest BCUT2D eigenvalue weighted by Gasteiger charge is -2.21. The van der Waals surface area contributed by atoms with E-state index in [1.807, 2.05) is 25.3 Å². The summed E-state index contributed by atoms with van der Waals surface area (Å²) in [5.74, 6) is 0.614. The number of fused-ring (bicyclic) bond motifs is 1. The van der Waals surface area contributed by atoms with Crippen LogP contribution in [0.4, 0.5) is 0 Å². The molecule has 128 valence electrons. The molecular weight excluding hydrogens is 302 g/mol. The Balaban J connectivity index is 1.82. The lowest BCUT2D eigenvalue weighted by molar-refractivity contribution is 0.0936. The molecule has 2 aliphatic rings. The Bertz CT molecular complexity index is 760. The summed E-state index contributed by atoms with van der Waals surface area (Å²) in [6.07, 6.45) is 5.37. The van der Waals surface area contributed by atoms with Crippen molar-refractivity contribution in [2.24, 2.45) is 5.92 Å². The Morgan fingerprint density at radius 1 is 1.50 bits per heavy atom. The van der Waals surface area contributed by atoms with Gasteiger partial charge in [-0.1, -0.05) is 5.73 Å². The van der Waals surface area contributed by atoms with Gasteiger partial charge >= 0.3 is 0 Å². The largest absolute Gasteiger partial charge is 0.383 e. The maximum atomic E-state index is 12.4. The van der Waals surface area contributed by atoms with E-state index in [4.69, 9.17) is 4.74 Å². The Hall–Kier alpha value is -2.07. The van der Waals surface area contributed by atoms with Gasteiger partial charge in [0.05, 0.1) is 6.61 Å². The first-order chi connectivity index (χ1) is 11.7. The first-order valence-corrected chi connectivity index (χ1v) is 8.51. The third kappa shape index (κ3) is 3.70. The van der Waals surface area contributed by atoms with Crippen molar-refractivity contribution in [3.05, 3.63) is 39.9 Å². The van der Waals surface area contributed by atoms with Crippen LogP contribution in [0.25, 0.3) is 11.9 Å². The van der Waals surface area contributed by atoms with E-state index in [-0.39, 0.29) is 5.91 Å². The Morgan fingerprint density at radius 3 is 3.12 bits per heavy atom. The fourth-order valence-electron chi connectivity index (χ4n) is 3.26. The molecule has 1 aromatic carbocycles. The summed E-state index contributed by atoms with van der Waals surface area (Å²) in [4.78, 5) is 14.5. The second-order valence-corrected chi connectivity index (χ2v) is 6.41. The van der Waals surface area contributed by atoms with Crippen LogP contribution in [-0.2, 0) is 4.74 Å². The number of hydrogen-bond donors (Lipinski definition) is 2. The van der Waals surface area contributed by atoms with Gasteiger partial charge in [-0.15, -0.1) is 0 Å². The van der Waals surface area contributed by atoms with E-state index in [1.54, 1.807) is 7.11 Å². The van der Waals surface area contributed by atoms with Crippen LogP contribution in [0.15, 0.2) is 18.3 Å². The van der Waals surface area contributed by atoms with Crippen molar-refractivity contribution in [3.63, 3.8) is 0 Å². The lowest BCUT2D eigenvalue weighted by Crippen LogP contribution is -2.37. The van der Waals surface area contributed by atoms with Crippen molar-refractivity contribution >= 4 is 17.8 Å². The number of ether oxygens (including phenoxy) is 1. The molecule has 5 heteroatoms. The zero-order chi connectivity index (χ0) is 16.9. The average Bonchev–Trinajstić information content (AvgIpc) is 3.09. The van der Waals surface area contributed by atoms with Crippen LogP contribution in [-0.4, -0.2) is 50.7 Å². The molecule has 1 fully saturated rings. The number of nitrogens with one attached hydrogen (secondary N) is 2. The normalized spacial score (nSPS) is 18.8. The highest BCUT2D eigenvalue weighted by Gasteiger charge is 2.17. The van der Waals surface area contributed by atoms with Gasteiger partial charge in [0.1, 0.15) is 0 Å². The fraction of sp³-hybridized carbons (Fsp3) is 0.474. The molecule has 0 aromatic heterocycles. The molecule has 0 bridgehead atoms. The van der Waals surface area contributed by atoms with Crippen LogP contribution in [0.5, 0.6) is 0 Å². The van der Waals surface area contributed by atoms with Crippen LogP contribution in [0.1, 0.15) is 22.3 Å². The summed E-state index contributed by atoms with van der Waals surface area (Å²) in [5.41, 5.74) is 5.06. The number of carbonyl (C=O) groups excluding carboxylic acids is 1. The predicted molar refractivity (Wildman–Crippen MR) is 94.8 cm³/mol. The molecule has 5 nitrogen and oxygen atoms in total. The van der Waals surface area contributed by atoms with Crippen LogP contribution < -0.4 is 21.1 Å². The summed E-state index contributed by atoms with van der Waals surface area (Å²) < 4.78 is 4.98. The van der Waals surface area contributed by atoms with Crippen molar-refractivity contribution in [1.29, 1.82) is 0 Å². The van der Waals surface area contributed by atoms with E-state index < -0.39 is 0 Å². The number of carbonyl (C=O) groups is 1. The van der Waals surface area contributed by atoms with Gasteiger partial charge in [0.15, 0.2) is 0 Å². The molecule has 0 radical (unpaired) electrons. The summed E-state index contributed by atoms with van der Waals surface area (Å²) in [5, 5.41) is 8.42. The minimum atomic E-state index is -0.0538. The summed E-state index contributed by atoms with van der Waals surface area (Å²) in [7, 11) is 1.63. The molecule has 0 aliphatic carbocycles. The van der Waals surface area contributed by atoms with Gasteiger partial charge in [0.25, 0.3) is 5.91 Å². The third-order valence-electron chi connectivity index (χ3n) is 4.66. The van der Waals surface area contributed by atoms with Crippen molar-refractivity contribution in [2.75, 3.05) is 39.9 Å². The maximum absolute atomic E-state index is 12.4. The zero-order valence-electron chi connectivity index (χ0n) is 14.4. The van der Waals surface area contributed by atoms with E-state index in [0.29, 0.717) is 24.6 Å². The third-order valence-corrected chi connectivity index (χ3v) is 4.66. The van der Waals surface area contributed by atoms with Gasteiger partial charge in [-0.25, -0.2) is 0 Å². The molecule has 2 heterocycles. The Labute approximate surface area is 142 Å². The van der Waals surface area contributed by atoms with Gasteiger partial charge in [-0.2, -0.15) is 0 Å². The summed E-state index contributed by atoms with van der Waals surface area (Å²) in [6, 6.07) is 3.84. The van der Waals surface area contributed by atoms with Gasteiger partial charge < -0.3 is 20.3 Å². The maximum Gasteiger partial charge on any atom is 0.251 e. The molecule has 1 aromatic rings. The summed E-state index contributed by atoms with van der Waals surface area (Å²) in [6.45, 7) is 6.20. The van der Waals surface area contributed by atoms with E-state index in [2.05, 4.69) is 27.5 Å². The molecule has 2 aliphatic heterocycles. The second kappa shape index (κ2) is 7.67. The molecule has 1 amide bonds. The van der Waals surface area contributed by atoms with Crippen molar-refractivity contribution in [3.8, 4) is 0 Å². The van der Waals surface area contributed by atoms with Crippen LogP contribution in [0.2, 0.25) is 0 Å². The smallest absolute Gasteiger partial charge is 0.251 e. The van der Waals surface area contributed by atoms with Gasteiger partial charge in [-0.05, 0) is 50.0 Å². The first kappa shape index (κ1) is 16.8. The summed E-state index contributed by atoms with van der Waals surface area (Å²) >= 11 is 0. The molecule has 1 atom stereocenters. The number of benzene rings is 1. The average molecular weight is 327 g/mol. The van der Waals surface area contributed by atoms with Crippen molar-refractivity contribution in [1.82, 2.24) is 15.5 Å². The van der Waals surface area contributed by atoms with Gasteiger partial charge in [-0.3, -0.25) is 4.79 Å². The quantitative estimate of drug-likeness (QED) is 0.718. The molecule has 3 rings (SSSR count). The van der Waals surface area contributed by atoms with Crippen LogP contribution in [0, 0.1) is 12.8 Å². The highest BCUT2D eigenvalue weighted by molar-refractivity contribution is 5.95. The van der Waals surface area contributed by atoms with Crippen molar-refractivity contribution in [2.45, 2.75) is 13.3 Å². The molecule has 0 saturated carbocycles. The molecule has 1 saturated heterocycles. The van der Waals surface area contributed by atoms with Crippen LogP contribution in [0.3, 0.4) is 0 Å². The van der Waals surface area contributed by atoms with E-state index in [0.717, 1.165) is 35.6 Å². The molecule has 24 heavy (non-hydrogen) atoms. The van der Waals surface area contributed by atoms with Gasteiger partial charge in [0.2, 0.25) is 0 Å². The number of rotatable bonds is 6. The number of nitrogens with zero attached hydrogens (tertiary/aromatic N) is 1. The Morgan fingerprint density at radius 2 is 2.38 bits per heavy atom. The number of amides is 1. The zero-order valence-corrected chi connectivity index (χ0v) is 14.4. The first-order valence-electron chi connectivity index (χ1n) is 8.51. The Kier molecular flexibility index (Phi) is 5.36. The lowest BCUT2D eigenvalue weighted by atomic mass is 10.0. The van der Waals surface area contributed by atoms with Crippen molar-refractivity contribution < 1.29 is 9.53 Å². The highest BCUT2D eigenvalue weighted by atomic mass is 16.5. The van der Waals surface area contributed by atoms with E-state index in [9.17, 15) is 4.79 Å². The van der Waals surface area contributed by atoms with E-state index in [1.165, 1.54) is 6.42 Å².